The van der Waals surface area contributed by atoms with Gasteiger partial charge in [-0.2, -0.15) is 0 Å². The Morgan fingerprint density at radius 3 is 1.97 bits per heavy atom. The van der Waals surface area contributed by atoms with Crippen LogP contribution in [0.4, 0.5) is 0 Å². The van der Waals surface area contributed by atoms with Crippen LogP contribution in [0.1, 0.15) is 16.8 Å². The highest BCUT2D eigenvalue weighted by molar-refractivity contribution is 5.76. The van der Waals surface area contributed by atoms with Gasteiger partial charge in [-0.3, -0.25) is 0 Å². The van der Waals surface area contributed by atoms with Crippen molar-refractivity contribution in [2.75, 3.05) is 0 Å². The number of benzene rings is 3. The van der Waals surface area contributed by atoms with Crippen LogP contribution in [0.15, 0.2) is 115 Å². The Morgan fingerprint density at radius 2 is 1.22 bits per heavy atom. The molecule has 5 aromatic rings. The van der Waals surface area contributed by atoms with E-state index in [1.165, 1.54) is 50.5 Å². The molecule has 7 rings (SSSR count). The first kappa shape index (κ1) is 17.6. The van der Waals surface area contributed by atoms with E-state index >= 15 is 0 Å². The zero-order valence-electron chi connectivity index (χ0n) is 17.9. The Balaban J connectivity index is 1.63. The summed E-state index contributed by atoms with van der Waals surface area (Å²) in [6, 6.07) is 39.7. The lowest BCUT2D eigenvalue weighted by atomic mass is 9.90. The van der Waals surface area contributed by atoms with Crippen molar-refractivity contribution in [2.24, 2.45) is 0 Å². The summed E-state index contributed by atoms with van der Waals surface area (Å²) in [5.41, 5.74) is 11.1. The highest BCUT2D eigenvalue weighted by atomic mass is 15.3. The standard InChI is InChI=1S/C30H22N2/c1-21-10-9-17-28-24-13-5-7-15-26(24)30(32(21)28)27-16-8-6-14-25(27)29-20-23(18-19-31(29)30)22-11-3-2-4-12-22/h2-20H,1H3/q+2. The Bertz CT molecular complexity index is 1530. The Morgan fingerprint density at radius 1 is 0.562 bits per heavy atom. The second kappa shape index (κ2) is 6.24. The number of pyridine rings is 2. The van der Waals surface area contributed by atoms with Crippen LogP contribution < -0.4 is 9.13 Å². The molecule has 2 aliphatic heterocycles. The van der Waals surface area contributed by atoms with Gasteiger partial charge in [-0.25, -0.2) is 0 Å². The number of fused-ring (bicyclic) bond motifs is 10. The average Bonchev–Trinajstić information content (AvgIpc) is 3.32. The third-order valence-corrected chi connectivity index (χ3v) is 7.08. The van der Waals surface area contributed by atoms with Crippen molar-refractivity contribution in [1.82, 2.24) is 0 Å². The van der Waals surface area contributed by atoms with E-state index < -0.39 is 5.66 Å². The van der Waals surface area contributed by atoms with Gasteiger partial charge in [0.15, 0.2) is 11.9 Å². The SMILES string of the molecule is Cc1cccc2[n+]1C1(c3ccccc3-c3cc(-c4ccccc4)cc[n+]31)c1ccccc1-2. The second-order valence-electron chi connectivity index (χ2n) is 8.69. The first-order valence-electron chi connectivity index (χ1n) is 11.1. The summed E-state index contributed by atoms with van der Waals surface area (Å²) in [6.07, 6.45) is 2.28. The zero-order valence-corrected chi connectivity index (χ0v) is 17.9. The van der Waals surface area contributed by atoms with Gasteiger partial charge in [0.05, 0.1) is 11.1 Å². The summed E-state index contributed by atoms with van der Waals surface area (Å²) in [6.45, 7) is 2.22. The lowest BCUT2D eigenvalue weighted by Crippen LogP contribution is -2.72. The maximum Gasteiger partial charge on any atom is 0.417 e. The van der Waals surface area contributed by atoms with E-state index in [1.54, 1.807) is 0 Å². The van der Waals surface area contributed by atoms with Crippen LogP contribution in [0.25, 0.3) is 33.6 Å². The number of nitrogens with zero attached hydrogens (tertiary/aromatic N) is 2. The molecule has 0 aliphatic carbocycles. The summed E-state index contributed by atoms with van der Waals surface area (Å²) >= 11 is 0. The van der Waals surface area contributed by atoms with Gasteiger partial charge in [-0.15, -0.1) is 9.13 Å². The monoisotopic (exact) mass is 410 g/mol. The van der Waals surface area contributed by atoms with Crippen LogP contribution >= 0.6 is 0 Å². The molecule has 2 nitrogen and oxygen atoms in total. The van der Waals surface area contributed by atoms with Crippen molar-refractivity contribution in [2.45, 2.75) is 12.6 Å². The maximum absolute atomic E-state index is 2.52. The number of hydrogen-bond acceptors (Lipinski definition) is 0. The smallest absolute Gasteiger partial charge is 0.125 e. The molecular formula is C30H22N2+2. The minimum atomic E-state index is -0.418. The molecule has 0 bridgehead atoms. The van der Waals surface area contributed by atoms with Gasteiger partial charge < -0.3 is 0 Å². The molecule has 0 fully saturated rings. The first-order valence-corrected chi connectivity index (χ1v) is 11.1. The van der Waals surface area contributed by atoms with Crippen molar-refractivity contribution < 1.29 is 9.13 Å². The molecule has 2 heteroatoms. The molecule has 0 N–H and O–H groups in total. The van der Waals surface area contributed by atoms with Crippen LogP contribution in [0.5, 0.6) is 0 Å². The van der Waals surface area contributed by atoms with Crippen LogP contribution in [-0.2, 0) is 5.66 Å². The summed E-state index contributed by atoms with van der Waals surface area (Å²) < 4.78 is 5.00. The fraction of sp³-hybridized carbons (Fsp3) is 0.0667. The van der Waals surface area contributed by atoms with Gasteiger partial charge in [0.25, 0.3) is 0 Å². The summed E-state index contributed by atoms with van der Waals surface area (Å²) in [4.78, 5) is 0. The summed E-state index contributed by atoms with van der Waals surface area (Å²) in [5.74, 6) is 0. The molecule has 1 atom stereocenters. The molecule has 1 unspecified atom stereocenters. The minimum Gasteiger partial charge on any atom is -0.125 e. The molecule has 3 aromatic carbocycles. The average molecular weight is 411 g/mol. The number of hydrogen-bond donors (Lipinski definition) is 0. The molecular weight excluding hydrogens is 388 g/mol. The van der Waals surface area contributed by atoms with Crippen molar-refractivity contribution >= 4 is 0 Å². The van der Waals surface area contributed by atoms with E-state index in [-0.39, 0.29) is 0 Å². The van der Waals surface area contributed by atoms with E-state index in [0.29, 0.717) is 0 Å². The molecule has 150 valence electrons. The van der Waals surface area contributed by atoms with E-state index in [1.807, 2.05) is 0 Å². The Labute approximate surface area is 187 Å². The van der Waals surface area contributed by atoms with Crippen molar-refractivity contribution in [1.29, 1.82) is 0 Å². The second-order valence-corrected chi connectivity index (χ2v) is 8.69. The molecule has 0 saturated heterocycles. The van der Waals surface area contributed by atoms with Crippen molar-refractivity contribution in [3.63, 3.8) is 0 Å². The highest BCUT2D eigenvalue weighted by Gasteiger charge is 2.66. The topological polar surface area (TPSA) is 7.76 Å². The van der Waals surface area contributed by atoms with Gasteiger partial charge in [0, 0.05) is 31.2 Å². The predicted molar refractivity (Wildman–Crippen MR) is 126 cm³/mol. The predicted octanol–water partition coefficient (Wildman–Crippen LogP) is 5.50. The zero-order chi connectivity index (χ0) is 21.3. The van der Waals surface area contributed by atoms with E-state index in [2.05, 4.69) is 131 Å². The molecule has 4 heterocycles. The van der Waals surface area contributed by atoms with Gasteiger partial charge in [-0.05, 0) is 41.5 Å². The van der Waals surface area contributed by atoms with Crippen LogP contribution in [0.3, 0.4) is 0 Å². The normalized spacial score (nSPS) is 17.0. The van der Waals surface area contributed by atoms with Gasteiger partial charge in [0.1, 0.15) is 11.1 Å². The fourth-order valence-electron chi connectivity index (χ4n) is 5.83. The molecule has 1 spiro atoms. The Kier molecular flexibility index (Phi) is 3.44. The van der Waals surface area contributed by atoms with E-state index in [0.717, 1.165) is 0 Å². The lowest BCUT2D eigenvalue weighted by molar-refractivity contribution is -0.957. The largest absolute Gasteiger partial charge is 0.417 e. The number of aromatic nitrogens is 2. The van der Waals surface area contributed by atoms with E-state index in [4.69, 9.17) is 0 Å². The van der Waals surface area contributed by atoms with Gasteiger partial charge >= 0.3 is 5.66 Å². The molecule has 2 aromatic heterocycles. The van der Waals surface area contributed by atoms with Crippen LogP contribution in [-0.4, -0.2) is 0 Å². The lowest BCUT2D eigenvalue weighted by Gasteiger charge is -2.18. The molecule has 0 saturated carbocycles. The molecule has 0 amide bonds. The van der Waals surface area contributed by atoms with Crippen LogP contribution in [0.2, 0.25) is 0 Å². The molecule has 0 radical (unpaired) electrons. The number of aryl methyl sites for hydroxylation is 1. The quantitative estimate of drug-likeness (QED) is 0.316. The van der Waals surface area contributed by atoms with Gasteiger partial charge in [-0.1, -0.05) is 54.6 Å². The molecule has 2 aliphatic rings. The fourth-order valence-corrected chi connectivity index (χ4v) is 5.83. The van der Waals surface area contributed by atoms with Crippen LogP contribution in [0, 0.1) is 6.92 Å². The Hall–Kier alpha value is -4.04. The summed E-state index contributed by atoms with van der Waals surface area (Å²) in [5, 5.41) is 0. The van der Waals surface area contributed by atoms with Crippen molar-refractivity contribution in [3.05, 3.63) is 132 Å². The summed E-state index contributed by atoms with van der Waals surface area (Å²) in [7, 11) is 0. The van der Waals surface area contributed by atoms with E-state index in [9.17, 15) is 0 Å². The maximum atomic E-state index is 2.52. The highest BCUT2D eigenvalue weighted by Crippen LogP contribution is 2.47. The molecule has 32 heavy (non-hydrogen) atoms. The van der Waals surface area contributed by atoms with Gasteiger partial charge in [0.2, 0.25) is 11.4 Å². The third-order valence-electron chi connectivity index (χ3n) is 7.08. The van der Waals surface area contributed by atoms with Crippen molar-refractivity contribution in [3.8, 4) is 33.6 Å². The number of rotatable bonds is 1. The minimum absolute atomic E-state index is 0.418. The first-order chi connectivity index (χ1) is 15.8. The third kappa shape index (κ3) is 2.04.